The lowest BCUT2D eigenvalue weighted by molar-refractivity contribution is 0.0515. The number of hydrogen-bond donors (Lipinski definition) is 2. The second-order valence-electron chi connectivity index (χ2n) is 6.36. The molecule has 0 radical (unpaired) electrons. The number of hydrogen-bond acceptors (Lipinski definition) is 8. The lowest BCUT2D eigenvalue weighted by atomic mass is 10.1. The van der Waals surface area contributed by atoms with Crippen LogP contribution in [0, 0.1) is 0 Å². The molecule has 3 aromatic rings. The largest absolute Gasteiger partial charge is 0.507 e. The van der Waals surface area contributed by atoms with Crippen molar-refractivity contribution in [3.05, 3.63) is 50.0 Å². The Morgan fingerprint density at radius 2 is 1.90 bits per heavy atom. The SMILES string of the molecule is CCOC(=O)c1cnc(SCc2c(C(=O)OCC)c3cc(O)c(Br)cc3n2C)[nH]c1=O. The molecule has 9 nitrogen and oxygen atoms in total. The van der Waals surface area contributed by atoms with E-state index in [9.17, 15) is 19.5 Å². The third-order valence-electron chi connectivity index (χ3n) is 4.49. The van der Waals surface area contributed by atoms with E-state index < -0.39 is 17.5 Å². The van der Waals surface area contributed by atoms with E-state index in [1.54, 1.807) is 27.0 Å². The third kappa shape index (κ3) is 4.62. The molecule has 0 saturated heterocycles. The number of nitrogens with zero attached hydrogens (tertiary/aromatic N) is 2. The molecular formula is C20H20BrN3O6S. The van der Waals surface area contributed by atoms with E-state index in [1.807, 2.05) is 4.57 Å². The van der Waals surface area contributed by atoms with E-state index in [4.69, 9.17) is 9.47 Å². The number of fused-ring (bicyclic) bond motifs is 1. The highest BCUT2D eigenvalue weighted by atomic mass is 79.9. The number of phenols is 1. The molecule has 0 fully saturated rings. The van der Waals surface area contributed by atoms with Crippen molar-refractivity contribution >= 4 is 50.5 Å². The third-order valence-corrected chi connectivity index (χ3v) is 6.02. The zero-order valence-corrected chi connectivity index (χ0v) is 19.4. The van der Waals surface area contributed by atoms with Gasteiger partial charge in [0.2, 0.25) is 0 Å². The highest BCUT2D eigenvalue weighted by Gasteiger charge is 2.24. The van der Waals surface area contributed by atoms with E-state index in [0.717, 1.165) is 5.52 Å². The van der Waals surface area contributed by atoms with E-state index in [-0.39, 0.29) is 35.4 Å². The molecule has 0 aliphatic carbocycles. The van der Waals surface area contributed by atoms with Gasteiger partial charge in [0.25, 0.3) is 5.56 Å². The van der Waals surface area contributed by atoms with Crippen molar-refractivity contribution in [2.24, 2.45) is 7.05 Å². The maximum absolute atomic E-state index is 12.7. The number of thioether (sulfide) groups is 1. The van der Waals surface area contributed by atoms with Gasteiger partial charge >= 0.3 is 11.9 Å². The number of ether oxygens (including phenoxy) is 2. The highest BCUT2D eigenvalue weighted by Crippen LogP contribution is 2.36. The molecule has 1 aromatic carbocycles. The van der Waals surface area contributed by atoms with Crippen molar-refractivity contribution in [2.75, 3.05) is 13.2 Å². The average molecular weight is 510 g/mol. The van der Waals surface area contributed by atoms with Gasteiger partial charge in [0.05, 0.1) is 28.8 Å². The first-order chi connectivity index (χ1) is 14.8. The molecule has 0 atom stereocenters. The fraction of sp³-hybridized carbons (Fsp3) is 0.300. The minimum absolute atomic E-state index is 0.00315. The van der Waals surface area contributed by atoms with Gasteiger partial charge < -0.3 is 24.1 Å². The fourth-order valence-corrected chi connectivity index (χ4v) is 4.28. The van der Waals surface area contributed by atoms with Gasteiger partial charge in [-0.25, -0.2) is 14.6 Å². The van der Waals surface area contributed by atoms with Gasteiger partial charge in [-0.15, -0.1) is 0 Å². The van der Waals surface area contributed by atoms with Crippen molar-refractivity contribution in [2.45, 2.75) is 24.8 Å². The Kier molecular flexibility index (Phi) is 7.06. The summed E-state index contributed by atoms with van der Waals surface area (Å²) in [5.41, 5.74) is 0.909. The average Bonchev–Trinajstić information content (AvgIpc) is 2.98. The van der Waals surface area contributed by atoms with E-state index >= 15 is 0 Å². The van der Waals surface area contributed by atoms with Crippen LogP contribution in [-0.2, 0) is 22.3 Å². The van der Waals surface area contributed by atoms with Crippen molar-refractivity contribution in [1.82, 2.24) is 14.5 Å². The lowest BCUT2D eigenvalue weighted by Crippen LogP contribution is -2.20. The molecule has 0 saturated carbocycles. The van der Waals surface area contributed by atoms with Crippen LogP contribution >= 0.6 is 27.7 Å². The summed E-state index contributed by atoms with van der Waals surface area (Å²) in [6, 6.07) is 3.23. The number of carbonyl (C=O) groups is 2. The highest BCUT2D eigenvalue weighted by molar-refractivity contribution is 9.10. The first-order valence-electron chi connectivity index (χ1n) is 9.34. The number of benzene rings is 1. The Bertz CT molecular complexity index is 1220. The van der Waals surface area contributed by atoms with Gasteiger partial charge in [0.1, 0.15) is 11.3 Å². The van der Waals surface area contributed by atoms with Gasteiger partial charge in [0, 0.05) is 30.1 Å². The van der Waals surface area contributed by atoms with Gasteiger partial charge in [-0.2, -0.15) is 0 Å². The zero-order valence-electron chi connectivity index (χ0n) is 17.0. The van der Waals surface area contributed by atoms with Crippen LogP contribution in [0.15, 0.2) is 32.8 Å². The maximum Gasteiger partial charge on any atom is 0.345 e. The van der Waals surface area contributed by atoms with Crippen LogP contribution in [-0.4, -0.2) is 44.8 Å². The standard InChI is InChI=1S/C20H20BrN3O6S/c1-4-29-18(27)11-8-22-20(23-17(11)26)31-9-14-16(19(28)30-5-2)10-6-15(25)12(21)7-13(10)24(14)3/h6-8,25H,4-5,9H2,1-3H3,(H,22,23,26). The van der Waals surface area contributed by atoms with Crippen LogP contribution in [0.3, 0.4) is 0 Å². The Balaban J connectivity index is 1.98. The van der Waals surface area contributed by atoms with E-state index in [2.05, 4.69) is 25.9 Å². The van der Waals surface area contributed by atoms with Crippen molar-refractivity contribution < 1.29 is 24.2 Å². The van der Waals surface area contributed by atoms with Crippen molar-refractivity contribution in [3.8, 4) is 5.75 Å². The Morgan fingerprint density at radius 3 is 2.55 bits per heavy atom. The number of halogens is 1. The van der Waals surface area contributed by atoms with Gasteiger partial charge in [-0.1, -0.05) is 11.8 Å². The second kappa shape index (κ2) is 9.56. The summed E-state index contributed by atoms with van der Waals surface area (Å²) in [5.74, 6) is -0.969. The van der Waals surface area contributed by atoms with Crippen LogP contribution in [0.25, 0.3) is 10.9 Å². The predicted octanol–water partition coefficient (Wildman–Crippen LogP) is 3.38. The number of H-pyrrole nitrogens is 1. The molecule has 0 aliphatic rings. The maximum atomic E-state index is 12.7. The number of aromatic amines is 1. The van der Waals surface area contributed by atoms with Gasteiger partial charge in [-0.05, 0) is 41.9 Å². The molecule has 0 spiro atoms. The van der Waals surface area contributed by atoms with Gasteiger partial charge in [-0.3, -0.25) is 4.79 Å². The van der Waals surface area contributed by atoms with Gasteiger partial charge in [0.15, 0.2) is 5.16 Å². The van der Waals surface area contributed by atoms with E-state index in [1.165, 1.54) is 24.0 Å². The molecular weight excluding hydrogens is 490 g/mol. The second-order valence-corrected chi connectivity index (χ2v) is 8.18. The van der Waals surface area contributed by atoms with Crippen LogP contribution < -0.4 is 5.56 Å². The molecule has 2 N–H and O–H groups in total. The van der Waals surface area contributed by atoms with Crippen LogP contribution in [0.5, 0.6) is 5.75 Å². The van der Waals surface area contributed by atoms with E-state index in [0.29, 0.717) is 21.1 Å². The monoisotopic (exact) mass is 509 g/mol. The number of aryl methyl sites for hydroxylation is 1. The fourth-order valence-electron chi connectivity index (χ4n) is 3.04. The number of phenolic OH excluding ortho intramolecular Hbond substituents is 1. The van der Waals surface area contributed by atoms with Crippen LogP contribution in [0.1, 0.15) is 40.3 Å². The van der Waals surface area contributed by atoms with Crippen LogP contribution in [0.4, 0.5) is 0 Å². The van der Waals surface area contributed by atoms with Crippen LogP contribution in [0.2, 0.25) is 0 Å². The number of nitrogens with one attached hydrogen (secondary N) is 1. The molecule has 31 heavy (non-hydrogen) atoms. The molecule has 164 valence electrons. The topological polar surface area (TPSA) is 124 Å². The normalized spacial score (nSPS) is 11.0. The molecule has 2 heterocycles. The quantitative estimate of drug-likeness (QED) is 0.282. The summed E-state index contributed by atoms with van der Waals surface area (Å²) in [6.07, 6.45) is 1.17. The smallest absolute Gasteiger partial charge is 0.345 e. The molecule has 11 heteroatoms. The summed E-state index contributed by atoms with van der Waals surface area (Å²) in [7, 11) is 1.80. The Hall–Kier alpha value is -2.79. The minimum atomic E-state index is -0.739. The molecule has 0 aliphatic heterocycles. The molecule has 3 rings (SSSR count). The zero-order chi connectivity index (χ0) is 22.7. The summed E-state index contributed by atoms with van der Waals surface area (Å²) in [4.78, 5) is 43.3. The lowest BCUT2D eigenvalue weighted by Gasteiger charge is -2.08. The number of carbonyl (C=O) groups excluding carboxylic acids is 2. The number of rotatable bonds is 7. The molecule has 0 amide bonds. The minimum Gasteiger partial charge on any atom is -0.507 e. The molecule has 0 unspecified atom stereocenters. The number of aromatic nitrogens is 3. The summed E-state index contributed by atoms with van der Waals surface area (Å²) in [5, 5.41) is 10.9. The predicted molar refractivity (Wildman–Crippen MR) is 119 cm³/mol. The number of esters is 2. The van der Waals surface area contributed by atoms with Crippen molar-refractivity contribution in [1.29, 1.82) is 0 Å². The Labute approximate surface area is 189 Å². The molecule has 2 aromatic heterocycles. The summed E-state index contributed by atoms with van der Waals surface area (Å²) >= 11 is 4.48. The molecule has 0 bridgehead atoms. The van der Waals surface area contributed by atoms with Crippen molar-refractivity contribution in [3.63, 3.8) is 0 Å². The summed E-state index contributed by atoms with van der Waals surface area (Å²) < 4.78 is 12.4. The summed E-state index contributed by atoms with van der Waals surface area (Å²) in [6.45, 7) is 3.71. The first kappa shape index (κ1) is 22.9. The number of aromatic hydroxyl groups is 1. The Morgan fingerprint density at radius 1 is 1.23 bits per heavy atom. The first-order valence-corrected chi connectivity index (χ1v) is 11.1.